The molecule has 2 rings (SSSR count). The van der Waals surface area contributed by atoms with Crippen molar-refractivity contribution in [1.82, 2.24) is 10.2 Å². The predicted octanol–water partition coefficient (Wildman–Crippen LogP) is 3.25. The summed E-state index contributed by atoms with van der Waals surface area (Å²) in [6, 6.07) is -0.591. The molecule has 0 unspecified atom stereocenters. The second kappa shape index (κ2) is 7.19. The van der Waals surface area contributed by atoms with Gasteiger partial charge in [-0.1, -0.05) is 26.2 Å². The van der Waals surface area contributed by atoms with E-state index < -0.39 is 43.1 Å². The summed E-state index contributed by atoms with van der Waals surface area (Å²) in [7, 11) is 0. The van der Waals surface area contributed by atoms with Crippen LogP contribution in [0.2, 0.25) is 0 Å². The van der Waals surface area contributed by atoms with E-state index in [0.29, 0.717) is 6.54 Å². The topological polar surface area (TPSA) is 69.6 Å². The van der Waals surface area contributed by atoms with Crippen molar-refractivity contribution >= 4 is 12.0 Å². The van der Waals surface area contributed by atoms with E-state index in [1.807, 2.05) is 0 Å². The van der Waals surface area contributed by atoms with E-state index in [1.54, 1.807) is 0 Å². The number of hydrogen-bond acceptors (Lipinski definition) is 2. The van der Waals surface area contributed by atoms with Gasteiger partial charge in [0.1, 0.15) is 0 Å². The van der Waals surface area contributed by atoms with Crippen LogP contribution in [0.4, 0.5) is 18.0 Å². The zero-order valence-corrected chi connectivity index (χ0v) is 13.9. The molecule has 5 nitrogen and oxygen atoms in total. The first-order valence-electron chi connectivity index (χ1n) is 8.51. The number of nitrogens with one attached hydrogen (secondary N) is 1. The summed E-state index contributed by atoms with van der Waals surface area (Å²) in [6.45, 7) is 1.51. The second-order valence-electron chi connectivity index (χ2n) is 7.07. The Labute approximate surface area is 139 Å². The largest absolute Gasteiger partial charge is 0.481 e. The predicted molar refractivity (Wildman–Crippen MR) is 81.5 cm³/mol. The van der Waals surface area contributed by atoms with Gasteiger partial charge >= 0.3 is 18.2 Å². The van der Waals surface area contributed by atoms with Crippen LogP contribution in [-0.2, 0) is 4.79 Å². The average Bonchev–Trinajstić information content (AvgIpc) is 2.99. The summed E-state index contributed by atoms with van der Waals surface area (Å²) in [6.07, 6.45) is 1.69. The van der Waals surface area contributed by atoms with Gasteiger partial charge in [0.25, 0.3) is 0 Å². The van der Waals surface area contributed by atoms with Gasteiger partial charge in [0.15, 0.2) is 0 Å². The average molecular weight is 350 g/mol. The van der Waals surface area contributed by atoms with Crippen LogP contribution in [0.25, 0.3) is 0 Å². The van der Waals surface area contributed by atoms with E-state index in [9.17, 15) is 22.8 Å². The fourth-order valence-electron chi connectivity index (χ4n) is 3.88. The third-order valence-electron chi connectivity index (χ3n) is 5.62. The minimum atomic E-state index is -4.62. The van der Waals surface area contributed by atoms with Crippen molar-refractivity contribution in [2.75, 3.05) is 19.6 Å². The molecule has 0 bridgehead atoms. The SMILES string of the molecule is CCC1(CNC(=O)N2C[C@@H](C(F)(F)F)[C@H](C(=O)O)C2)CCCCC1. The van der Waals surface area contributed by atoms with Crippen LogP contribution in [0.1, 0.15) is 45.4 Å². The molecule has 2 aliphatic rings. The van der Waals surface area contributed by atoms with Crippen LogP contribution < -0.4 is 5.32 Å². The molecule has 1 saturated carbocycles. The normalized spacial score (nSPS) is 27.1. The number of likely N-dealkylation sites (tertiary alicyclic amines) is 1. The number of carboxylic acid groups (broad SMARTS) is 1. The molecule has 1 heterocycles. The molecule has 138 valence electrons. The molecule has 2 fully saturated rings. The van der Waals surface area contributed by atoms with E-state index in [4.69, 9.17) is 5.11 Å². The maximum absolute atomic E-state index is 13.0. The lowest BCUT2D eigenvalue weighted by Crippen LogP contribution is -2.45. The number of nitrogens with zero attached hydrogens (tertiary/aromatic N) is 1. The number of amides is 2. The van der Waals surface area contributed by atoms with Crippen LogP contribution in [0.3, 0.4) is 0 Å². The van der Waals surface area contributed by atoms with Crippen molar-refractivity contribution in [3.05, 3.63) is 0 Å². The first-order valence-corrected chi connectivity index (χ1v) is 8.51. The first kappa shape index (κ1) is 18.9. The molecule has 0 aromatic rings. The van der Waals surface area contributed by atoms with E-state index in [-0.39, 0.29) is 5.41 Å². The standard InChI is InChI=1S/C16H25F3N2O3/c1-2-15(6-4-3-5-7-15)10-20-14(24)21-8-11(13(22)23)12(9-21)16(17,18)19/h11-12H,2-10H2,1H3,(H,20,24)(H,22,23)/t11-,12-/m1/s1. The molecule has 0 spiro atoms. The highest BCUT2D eigenvalue weighted by atomic mass is 19.4. The van der Waals surface area contributed by atoms with Gasteiger partial charge in [-0.25, -0.2) is 4.79 Å². The van der Waals surface area contributed by atoms with Crippen molar-refractivity contribution < 1.29 is 27.9 Å². The molecule has 0 aromatic carbocycles. The van der Waals surface area contributed by atoms with Gasteiger partial charge in [0.2, 0.25) is 0 Å². The number of rotatable bonds is 4. The van der Waals surface area contributed by atoms with Gasteiger partial charge in [-0.3, -0.25) is 4.79 Å². The zero-order chi connectivity index (χ0) is 18.0. The van der Waals surface area contributed by atoms with Crippen LogP contribution >= 0.6 is 0 Å². The Bertz CT molecular complexity index is 476. The number of carbonyl (C=O) groups is 2. The Morgan fingerprint density at radius 3 is 2.29 bits per heavy atom. The minimum absolute atomic E-state index is 0.0171. The van der Waals surface area contributed by atoms with Gasteiger partial charge in [0, 0.05) is 19.6 Å². The van der Waals surface area contributed by atoms with Gasteiger partial charge in [-0.05, 0) is 24.7 Å². The summed E-state index contributed by atoms with van der Waals surface area (Å²) in [5.74, 6) is -5.11. The molecule has 1 aliphatic carbocycles. The van der Waals surface area contributed by atoms with Gasteiger partial charge in [-0.2, -0.15) is 13.2 Å². The van der Waals surface area contributed by atoms with E-state index in [0.717, 1.165) is 37.0 Å². The molecule has 1 saturated heterocycles. The summed E-state index contributed by atoms with van der Waals surface area (Å²) < 4.78 is 38.9. The van der Waals surface area contributed by atoms with Crippen LogP contribution in [0.15, 0.2) is 0 Å². The number of urea groups is 1. The molecule has 0 aromatic heterocycles. The molecular formula is C16H25F3N2O3. The smallest absolute Gasteiger partial charge is 0.394 e. The quantitative estimate of drug-likeness (QED) is 0.818. The minimum Gasteiger partial charge on any atom is -0.481 e. The number of carbonyl (C=O) groups excluding carboxylic acids is 1. The third-order valence-corrected chi connectivity index (χ3v) is 5.62. The van der Waals surface area contributed by atoms with Crippen molar-refractivity contribution in [2.24, 2.45) is 17.3 Å². The highest BCUT2D eigenvalue weighted by Crippen LogP contribution is 2.39. The van der Waals surface area contributed by atoms with Crippen LogP contribution in [0, 0.1) is 17.3 Å². The van der Waals surface area contributed by atoms with Crippen molar-refractivity contribution in [3.63, 3.8) is 0 Å². The van der Waals surface area contributed by atoms with Gasteiger partial charge < -0.3 is 15.3 Å². The lowest BCUT2D eigenvalue weighted by Gasteiger charge is -2.37. The summed E-state index contributed by atoms with van der Waals surface area (Å²) in [5, 5.41) is 11.7. The molecule has 2 atom stereocenters. The second-order valence-corrected chi connectivity index (χ2v) is 7.07. The Morgan fingerprint density at radius 1 is 1.21 bits per heavy atom. The fourth-order valence-corrected chi connectivity index (χ4v) is 3.88. The third kappa shape index (κ3) is 4.13. The molecule has 8 heteroatoms. The molecule has 24 heavy (non-hydrogen) atoms. The fraction of sp³-hybridized carbons (Fsp3) is 0.875. The van der Waals surface area contributed by atoms with Crippen molar-refractivity contribution in [2.45, 2.75) is 51.6 Å². The van der Waals surface area contributed by atoms with E-state index in [2.05, 4.69) is 12.2 Å². The number of aliphatic carboxylic acids is 1. The Hall–Kier alpha value is -1.47. The monoisotopic (exact) mass is 350 g/mol. The molecule has 2 N–H and O–H groups in total. The zero-order valence-electron chi connectivity index (χ0n) is 13.9. The first-order chi connectivity index (χ1) is 11.2. The highest BCUT2D eigenvalue weighted by Gasteiger charge is 2.53. The Balaban J connectivity index is 1.96. The number of hydrogen-bond donors (Lipinski definition) is 2. The van der Waals surface area contributed by atoms with Crippen molar-refractivity contribution in [1.29, 1.82) is 0 Å². The van der Waals surface area contributed by atoms with Crippen LogP contribution in [0.5, 0.6) is 0 Å². The van der Waals surface area contributed by atoms with Crippen molar-refractivity contribution in [3.8, 4) is 0 Å². The molecular weight excluding hydrogens is 325 g/mol. The number of carboxylic acids is 1. The van der Waals surface area contributed by atoms with Crippen LogP contribution in [-0.4, -0.2) is 47.8 Å². The molecule has 1 aliphatic heterocycles. The van der Waals surface area contributed by atoms with E-state index >= 15 is 0 Å². The van der Waals surface area contributed by atoms with Gasteiger partial charge in [0.05, 0.1) is 11.8 Å². The molecule has 0 radical (unpaired) electrons. The lowest BCUT2D eigenvalue weighted by molar-refractivity contribution is -0.187. The molecule has 2 amide bonds. The maximum Gasteiger partial charge on any atom is 0.394 e. The maximum atomic E-state index is 13.0. The lowest BCUT2D eigenvalue weighted by atomic mass is 9.72. The van der Waals surface area contributed by atoms with Gasteiger partial charge in [-0.15, -0.1) is 0 Å². The number of halogens is 3. The highest BCUT2D eigenvalue weighted by molar-refractivity contribution is 5.77. The summed E-state index contributed by atoms with van der Waals surface area (Å²) >= 11 is 0. The van der Waals surface area contributed by atoms with E-state index in [1.165, 1.54) is 6.42 Å². The Morgan fingerprint density at radius 2 is 1.83 bits per heavy atom. The summed E-state index contributed by atoms with van der Waals surface area (Å²) in [5.41, 5.74) is 0.0171. The summed E-state index contributed by atoms with van der Waals surface area (Å²) in [4.78, 5) is 24.3. The Kier molecular flexibility index (Phi) is 5.65. The number of alkyl halides is 3.